The summed E-state index contributed by atoms with van der Waals surface area (Å²) in [6.07, 6.45) is 3.90. The summed E-state index contributed by atoms with van der Waals surface area (Å²) in [5.74, 6) is 0.917. The summed E-state index contributed by atoms with van der Waals surface area (Å²) in [6, 6.07) is 0.721. The summed E-state index contributed by atoms with van der Waals surface area (Å²) in [6.45, 7) is 18.6. The highest BCUT2D eigenvalue weighted by Crippen LogP contribution is 2.19. The summed E-state index contributed by atoms with van der Waals surface area (Å²) in [5, 5.41) is 2.96. The van der Waals surface area contributed by atoms with Crippen molar-refractivity contribution in [3.05, 3.63) is 0 Å². The Labute approximate surface area is 168 Å². The van der Waals surface area contributed by atoms with Gasteiger partial charge in [0.15, 0.2) is 0 Å². The topological polar surface area (TPSA) is 48.0 Å². The van der Waals surface area contributed by atoms with Crippen molar-refractivity contribution < 1.29 is 11.0 Å². The summed E-state index contributed by atoms with van der Waals surface area (Å²) in [7, 11) is 0. The van der Waals surface area contributed by atoms with Gasteiger partial charge in [-0.2, -0.15) is 0 Å². The van der Waals surface area contributed by atoms with Gasteiger partial charge in [-0.1, -0.05) is 6.92 Å². The van der Waals surface area contributed by atoms with E-state index >= 15 is 0 Å². The van der Waals surface area contributed by atoms with Gasteiger partial charge in [0.05, 0.1) is 19.3 Å². The molecular weight excluding hydrogens is 340 g/mol. The van der Waals surface area contributed by atoms with Crippen molar-refractivity contribution in [2.45, 2.75) is 59.1 Å². The Bertz CT molecular complexity index is 423. The largest absolute Gasteiger partial charge is 0.377 e. The van der Waals surface area contributed by atoms with E-state index in [9.17, 15) is 4.79 Å². The maximum atomic E-state index is 12.0. The maximum Gasteiger partial charge on any atom is 0.234 e. The van der Waals surface area contributed by atoms with E-state index in [1.165, 1.54) is 52.0 Å². The summed E-state index contributed by atoms with van der Waals surface area (Å²) in [5.41, 5.74) is 0. The van der Waals surface area contributed by atoms with Crippen LogP contribution in [0.4, 0.5) is 0 Å². The number of piperazine rings is 1. The second-order valence-corrected chi connectivity index (χ2v) is 8.58. The second kappa shape index (κ2) is 12.0. The number of nitrogens with zero attached hydrogens (tertiary/aromatic N) is 3. The Morgan fingerprint density at radius 1 is 1.07 bits per heavy atom. The first-order valence-electron chi connectivity index (χ1n) is 11.0. The molecule has 0 bridgehead atoms. The van der Waals surface area contributed by atoms with Crippen molar-refractivity contribution in [3.63, 3.8) is 0 Å². The number of carbonyl (C=O) groups is 1. The standard InChI is InChI=1S/C21H42N4O2.H2/c1-5-19(4)25-13-11-24(12-14-25)16-20-6-9-23(10-7-20)17-21(26)22-8-15-27-18(2)3;/h18-20H,5-17H2,1-4H3,(H,22,26);1H. The van der Waals surface area contributed by atoms with Gasteiger partial charge in [-0.3, -0.25) is 14.6 Å². The monoisotopic (exact) mass is 384 g/mol. The number of hydrogen-bond acceptors (Lipinski definition) is 5. The van der Waals surface area contributed by atoms with Gasteiger partial charge in [0.2, 0.25) is 5.91 Å². The first-order valence-corrected chi connectivity index (χ1v) is 11.0. The van der Waals surface area contributed by atoms with Gasteiger partial charge < -0.3 is 15.0 Å². The predicted molar refractivity (Wildman–Crippen MR) is 113 cm³/mol. The second-order valence-electron chi connectivity index (χ2n) is 8.58. The SMILES string of the molecule is CCC(C)N1CCN(CC2CCN(CC(=O)NCCOC(C)C)CC2)CC1.[HH]. The molecule has 1 atom stereocenters. The highest BCUT2D eigenvalue weighted by molar-refractivity contribution is 5.77. The Morgan fingerprint density at radius 2 is 1.74 bits per heavy atom. The predicted octanol–water partition coefficient (Wildman–Crippen LogP) is 1.90. The molecule has 27 heavy (non-hydrogen) atoms. The molecule has 160 valence electrons. The van der Waals surface area contributed by atoms with E-state index in [0.29, 0.717) is 19.7 Å². The van der Waals surface area contributed by atoms with E-state index in [1.54, 1.807) is 0 Å². The smallest absolute Gasteiger partial charge is 0.234 e. The molecule has 2 fully saturated rings. The number of ether oxygens (including phenoxy) is 1. The molecule has 2 aliphatic heterocycles. The van der Waals surface area contributed by atoms with Crippen molar-refractivity contribution in [1.82, 2.24) is 20.0 Å². The molecular formula is C21H44N4O2. The van der Waals surface area contributed by atoms with Crippen LogP contribution in [0.3, 0.4) is 0 Å². The fourth-order valence-corrected chi connectivity index (χ4v) is 4.08. The molecule has 2 rings (SSSR count). The summed E-state index contributed by atoms with van der Waals surface area (Å²) >= 11 is 0. The van der Waals surface area contributed by atoms with Gasteiger partial charge in [-0.05, 0) is 59.0 Å². The van der Waals surface area contributed by atoms with Gasteiger partial charge in [-0.25, -0.2) is 0 Å². The lowest BCUT2D eigenvalue weighted by atomic mass is 9.96. The molecule has 2 heterocycles. The van der Waals surface area contributed by atoms with Gasteiger partial charge >= 0.3 is 0 Å². The molecule has 0 radical (unpaired) electrons. The molecule has 0 spiro atoms. The van der Waals surface area contributed by atoms with E-state index in [1.807, 2.05) is 13.8 Å². The molecule has 6 nitrogen and oxygen atoms in total. The van der Waals surface area contributed by atoms with Crippen LogP contribution in [0.1, 0.15) is 48.4 Å². The van der Waals surface area contributed by atoms with E-state index in [2.05, 4.69) is 33.9 Å². The highest BCUT2D eigenvalue weighted by Gasteiger charge is 2.25. The fourth-order valence-electron chi connectivity index (χ4n) is 4.08. The molecule has 6 heteroatoms. The van der Waals surface area contributed by atoms with Crippen molar-refractivity contribution >= 4 is 5.91 Å². The number of likely N-dealkylation sites (tertiary alicyclic amines) is 1. The van der Waals surface area contributed by atoms with Crippen LogP contribution in [0, 0.1) is 5.92 Å². The van der Waals surface area contributed by atoms with Crippen LogP contribution in [-0.4, -0.2) is 98.3 Å². The molecule has 1 amide bonds. The minimum Gasteiger partial charge on any atom is -0.377 e. The lowest BCUT2D eigenvalue weighted by molar-refractivity contribution is -0.122. The van der Waals surface area contributed by atoms with Crippen molar-refractivity contribution in [2.24, 2.45) is 5.92 Å². The van der Waals surface area contributed by atoms with Gasteiger partial charge in [0, 0.05) is 46.7 Å². The average Bonchev–Trinajstić information content (AvgIpc) is 2.66. The van der Waals surface area contributed by atoms with Crippen LogP contribution in [0.25, 0.3) is 0 Å². The van der Waals surface area contributed by atoms with E-state index in [0.717, 1.165) is 25.0 Å². The Kier molecular flexibility index (Phi) is 10.0. The Balaban J connectivity index is 0.00000392. The third-order valence-electron chi connectivity index (χ3n) is 6.09. The number of carbonyl (C=O) groups excluding carboxylic acids is 1. The first-order chi connectivity index (χ1) is 13.0. The van der Waals surface area contributed by atoms with Gasteiger partial charge in [0.1, 0.15) is 0 Å². The van der Waals surface area contributed by atoms with E-state index in [4.69, 9.17) is 4.74 Å². The van der Waals surface area contributed by atoms with Crippen LogP contribution in [0.5, 0.6) is 0 Å². The summed E-state index contributed by atoms with van der Waals surface area (Å²) in [4.78, 5) is 19.6. The minimum atomic E-state index is 0. The Morgan fingerprint density at radius 3 is 2.33 bits per heavy atom. The first kappa shape index (κ1) is 22.6. The average molecular weight is 385 g/mol. The zero-order valence-corrected chi connectivity index (χ0v) is 18.1. The van der Waals surface area contributed by atoms with Crippen LogP contribution in [0.15, 0.2) is 0 Å². The molecule has 1 N–H and O–H groups in total. The summed E-state index contributed by atoms with van der Waals surface area (Å²) < 4.78 is 5.46. The molecule has 0 aromatic carbocycles. The third kappa shape index (κ3) is 8.46. The van der Waals surface area contributed by atoms with Gasteiger partial charge in [-0.15, -0.1) is 0 Å². The van der Waals surface area contributed by atoms with Crippen molar-refractivity contribution in [3.8, 4) is 0 Å². The molecule has 1 unspecified atom stereocenters. The molecule has 0 saturated carbocycles. The van der Waals surface area contributed by atoms with Crippen LogP contribution < -0.4 is 5.32 Å². The number of piperidine rings is 1. The van der Waals surface area contributed by atoms with Crippen LogP contribution in [-0.2, 0) is 9.53 Å². The highest BCUT2D eigenvalue weighted by atomic mass is 16.5. The Hall–Kier alpha value is -0.690. The van der Waals surface area contributed by atoms with E-state index in [-0.39, 0.29) is 13.4 Å². The number of hydrogen-bond donors (Lipinski definition) is 1. The normalized spacial score (nSPS) is 22.3. The molecule has 0 aliphatic carbocycles. The quantitative estimate of drug-likeness (QED) is 0.583. The van der Waals surface area contributed by atoms with E-state index < -0.39 is 0 Å². The van der Waals surface area contributed by atoms with Crippen molar-refractivity contribution in [1.29, 1.82) is 0 Å². The zero-order valence-electron chi connectivity index (χ0n) is 18.1. The van der Waals surface area contributed by atoms with Gasteiger partial charge in [0.25, 0.3) is 0 Å². The lowest BCUT2D eigenvalue weighted by Gasteiger charge is -2.40. The lowest BCUT2D eigenvalue weighted by Crippen LogP contribution is -2.51. The van der Waals surface area contributed by atoms with Crippen LogP contribution in [0.2, 0.25) is 0 Å². The number of nitrogens with one attached hydrogen (secondary N) is 1. The van der Waals surface area contributed by atoms with Crippen molar-refractivity contribution in [2.75, 3.05) is 65.5 Å². The molecule has 0 aromatic heterocycles. The van der Waals surface area contributed by atoms with Crippen LogP contribution >= 0.6 is 0 Å². The number of rotatable bonds is 10. The molecule has 2 saturated heterocycles. The molecule has 0 aromatic rings. The molecule has 2 aliphatic rings. The fraction of sp³-hybridized carbons (Fsp3) is 0.952. The maximum absolute atomic E-state index is 12.0. The number of amides is 1. The third-order valence-corrected chi connectivity index (χ3v) is 6.09. The minimum absolute atomic E-state index is 0. The zero-order chi connectivity index (χ0) is 19.6.